The summed E-state index contributed by atoms with van der Waals surface area (Å²) in [5, 5.41) is 4.54. The number of hydrogen-bond acceptors (Lipinski definition) is 6. The van der Waals surface area contributed by atoms with E-state index in [-0.39, 0.29) is 23.7 Å². The molecule has 0 amide bonds. The predicted molar refractivity (Wildman–Crippen MR) is 162 cm³/mol. The van der Waals surface area contributed by atoms with Crippen molar-refractivity contribution in [2.45, 2.75) is 63.5 Å². The molecular weight excluding hydrogens is 608 g/mol. The second kappa shape index (κ2) is 10.4. The Morgan fingerprint density at radius 3 is 2.56 bits per heavy atom. The van der Waals surface area contributed by atoms with Gasteiger partial charge in [-0.15, -0.1) is 3.89 Å². The van der Waals surface area contributed by atoms with Gasteiger partial charge in [-0.25, -0.2) is 9.37 Å². The molecule has 1 atom stereocenters. The number of pyridine rings is 1. The monoisotopic (exact) mass is 637 g/mol. The van der Waals surface area contributed by atoms with Gasteiger partial charge in [-0.2, -0.15) is 9.61 Å². The van der Waals surface area contributed by atoms with Crippen LogP contribution in [0.2, 0.25) is 0 Å². The molecule has 1 N–H and O–H groups in total. The van der Waals surface area contributed by atoms with Crippen LogP contribution in [0.4, 0.5) is 14.1 Å². The highest BCUT2D eigenvalue weighted by Gasteiger charge is 2.72. The lowest BCUT2D eigenvalue weighted by atomic mass is 9.76. The van der Waals surface area contributed by atoms with Crippen molar-refractivity contribution in [2.75, 3.05) is 11.3 Å². The molecule has 0 radical (unpaired) electrons. The Hall–Kier alpha value is -2.98. The fourth-order valence-electron chi connectivity index (χ4n) is 6.61. The second-order valence-corrected chi connectivity index (χ2v) is 12.5. The number of hydrogen-bond donors (Lipinski definition) is 1. The Bertz CT molecular complexity index is 1630. The van der Waals surface area contributed by atoms with Crippen LogP contribution in [0.15, 0.2) is 70.7 Å². The fourth-order valence-corrected chi connectivity index (χ4v) is 7.69. The zero-order valence-electron chi connectivity index (χ0n) is 22.7. The van der Waals surface area contributed by atoms with E-state index in [1.54, 1.807) is 10.7 Å². The standard InChI is InChI=1S/C31H30BrF2N5OS/c1-2-40-27(21-8-9-21)31(33)18-30(31)14-12-20(13-15-30)26-25(32)29(38-41-34)39-28(37-26)23(17-36-39)22-10-11-24(35-16-22)19-6-4-3-5-7-19/h3-7,10-11,16-17,20,38H,2,8-9,12-15,18H2,1H3. The molecule has 10 heteroatoms. The quantitative estimate of drug-likeness (QED) is 0.154. The summed E-state index contributed by atoms with van der Waals surface area (Å²) in [5.41, 5.74) is 4.55. The van der Waals surface area contributed by atoms with Crippen molar-refractivity contribution in [2.24, 2.45) is 5.41 Å². The van der Waals surface area contributed by atoms with Crippen molar-refractivity contribution < 1.29 is 13.0 Å². The van der Waals surface area contributed by atoms with Crippen molar-refractivity contribution in [3.63, 3.8) is 0 Å². The zero-order valence-corrected chi connectivity index (χ0v) is 25.1. The number of aromatic nitrogens is 4. The van der Waals surface area contributed by atoms with Crippen LogP contribution < -0.4 is 4.72 Å². The molecule has 1 aromatic carbocycles. The van der Waals surface area contributed by atoms with Crippen molar-refractivity contribution >= 4 is 39.7 Å². The van der Waals surface area contributed by atoms with Crippen LogP contribution in [0, 0.1) is 5.41 Å². The summed E-state index contributed by atoms with van der Waals surface area (Å²) in [6.45, 7) is 2.43. The molecule has 7 rings (SSSR count). The number of nitrogens with zero attached hydrogens (tertiary/aromatic N) is 4. The Morgan fingerprint density at radius 2 is 1.90 bits per heavy atom. The van der Waals surface area contributed by atoms with E-state index in [2.05, 4.69) is 30.7 Å². The summed E-state index contributed by atoms with van der Waals surface area (Å²) in [7, 11) is 0. The molecular formula is C31H30BrF2N5OS. The topological polar surface area (TPSA) is 64.3 Å². The molecule has 3 aliphatic carbocycles. The first-order valence-electron chi connectivity index (χ1n) is 14.1. The van der Waals surface area contributed by atoms with Gasteiger partial charge in [-0.1, -0.05) is 36.4 Å². The van der Waals surface area contributed by atoms with E-state index < -0.39 is 5.67 Å². The lowest BCUT2D eigenvalue weighted by molar-refractivity contribution is 0.108. The van der Waals surface area contributed by atoms with Crippen LogP contribution in [0.1, 0.15) is 63.5 Å². The molecule has 3 heterocycles. The van der Waals surface area contributed by atoms with Crippen LogP contribution in [0.5, 0.6) is 0 Å². The van der Waals surface area contributed by atoms with Crippen LogP contribution in [-0.4, -0.2) is 31.9 Å². The molecule has 1 spiro atoms. The number of rotatable bonds is 8. The highest BCUT2D eigenvalue weighted by Crippen LogP contribution is 2.72. The molecule has 3 aliphatic rings. The molecule has 1 unspecified atom stereocenters. The number of halogens is 3. The smallest absolute Gasteiger partial charge is 0.173 e. The molecule has 3 fully saturated rings. The Labute approximate surface area is 250 Å². The third kappa shape index (κ3) is 4.54. The van der Waals surface area contributed by atoms with Gasteiger partial charge in [0, 0.05) is 34.2 Å². The molecule has 3 aromatic heterocycles. The van der Waals surface area contributed by atoms with Gasteiger partial charge in [-0.05, 0) is 79.4 Å². The molecule has 6 nitrogen and oxygen atoms in total. The molecule has 41 heavy (non-hydrogen) atoms. The van der Waals surface area contributed by atoms with Crippen LogP contribution in [0.3, 0.4) is 0 Å². The minimum Gasteiger partial charge on any atom is -0.495 e. The van der Waals surface area contributed by atoms with E-state index in [0.29, 0.717) is 34.7 Å². The summed E-state index contributed by atoms with van der Waals surface area (Å²) in [6.07, 6.45) is 9.18. The van der Waals surface area contributed by atoms with Gasteiger partial charge in [0.1, 0.15) is 5.76 Å². The van der Waals surface area contributed by atoms with Crippen molar-refractivity contribution in [1.29, 1.82) is 0 Å². The SMILES string of the molecule is CCOC(=C1CC1)C1(F)CC12CCC(c1nc3c(-c4ccc(-c5ccccc5)nc4)cnn3c(NSF)c1Br)CC2. The molecule has 4 aromatic rings. The number of alkyl halides is 1. The summed E-state index contributed by atoms with van der Waals surface area (Å²) in [4.78, 5) is 9.77. The van der Waals surface area contributed by atoms with Crippen LogP contribution in [0.25, 0.3) is 28.0 Å². The Balaban J connectivity index is 1.19. The average Bonchev–Trinajstić information content (AvgIpc) is 3.89. The first kappa shape index (κ1) is 26.9. The van der Waals surface area contributed by atoms with Gasteiger partial charge >= 0.3 is 0 Å². The maximum absolute atomic E-state index is 16.2. The highest BCUT2D eigenvalue weighted by molar-refractivity contribution is 9.10. The third-order valence-electron chi connectivity index (χ3n) is 8.99. The minimum absolute atomic E-state index is 0.0201. The van der Waals surface area contributed by atoms with Crippen molar-refractivity contribution in [3.05, 3.63) is 76.4 Å². The first-order valence-corrected chi connectivity index (χ1v) is 15.7. The number of nitrogens with one attached hydrogen (secondary N) is 1. The van der Waals surface area contributed by atoms with E-state index in [1.807, 2.05) is 55.6 Å². The molecule has 0 bridgehead atoms. The first-order chi connectivity index (χ1) is 20.0. The number of allylic oxidation sites excluding steroid dienone is 2. The molecule has 0 aliphatic heterocycles. The summed E-state index contributed by atoms with van der Waals surface area (Å²) in [6, 6.07) is 14.0. The van der Waals surface area contributed by atoms with E-state index in [1.165, 1.54) is 0 Å². The van der Waals surface area contributed by atoms with Gasteiger partial charge in [0.15, 0.2) is 29.5 Å². The van der Waals surface area contributed by atoms with E-state index in [4.69, 9.17) is 9.72 Å². The van der Waals surface area contributed by atoms with Gasteiger partial charge in [0.05, 0.1) is 28.7 Å². The highest BCUT2D eigenvalue weighted by atomic mass is 79.9. The summed E-state index contributed by atoms with van der Waals surface area (Å²) < 4.78 is 40.7. The van der Waals surface area contributed by atoms with Crippen molar-refractivity contribution in [1.82, 2.24) is 19.6 Å². The van der Waals surface area contributed by atoms with E-state index in [9.17, 15) is 3.89 Å². The van der Waals surface area contributed by atoms with Gasteiger partial charge in [-0.3, -0.25) is 9.71 Å². The molecule has 212 valence electrons. The van der Waals surface area contributed by atoms with E-state index in [0.717, 1.165) is 72.2 Å². The fraction of sp³-hybridized carbons (Fsp3) is 0.387. The molecule has 0 saturated heterocycles. The van der Waals surface area contributed by atoms with Crippen molar-refractivity contribution in [3.8, 4) is 22.4 Å². The minimum atomic E-state index is -1.33. The summed E-state index contributed by atoms with van der Waals surface area (Å²) in [5.74, 6) is 1.23. The predicted octanol–water partition coefficient (Wildman–Crippen LogP) is 9.01. The Morgan fingerprint density at radius 1 is 1.12 bits per heavy atom. The van der Waals surface area contributed by atoms with E-state index >= 15 is 4.39 Å². The lowest BCUT2D eigenvalue weighted by Gasteiger charge is -2.31. The summed E-state index contributed by atoms with van der Waals surface area (Å²) >= 11 is 3.72. The maximum atomic E-state index is 16.2. The average molecular weight is 639 g/mol. The number of ether oxygens (including phenoxy) is 1. The van der Waals surface area contributed by atoms with Crippen LogP contribution in [-0.2, 0) is 4.74 Å². The second-order valence-electron chi connectivity index (χ2n) is 11.3. The van der Waals surface area contributed by atoms with Gasteiger partial charge in [0.25, 0.3) is 0 Å². The third-order valence-corrected chi connectivity index (χ3v) is 10.0. The number of benzene rings is 1. The Kier molecular flexibility index (Phi) is 6.81. The number of fused-ring (bicyclic) bond motifs is 1. The lowest BCUT2D eigenvalue weighted by Crippen LogP contribution is -2.25. The largest absolute Gasteiger partial charge is 0.495 e. The number of anilines is 1. The molecule has 3 saturated carbocycles. The van der Waals surface area contributed by atoms with Crippen LogP contribution >= 0.6 is 28.3 Å². The van der Waals surface area contributed by atoms with Gasteiger partial charge in [0.2, 0.25) is 0 Å². The maximum Gasteiger partial charge on any atom is 0.173 e. The van der Waals surface area contributed by atoms with Gasteiger partial charge < -0.3 is 4.74 Å². The normalized spacial score (nSPS) is 25.0. The zero-order chi connectivity index (χ0) is 28.2.